The van der Waals surface area contributed by atoms with Gasteiger partial charge < -0.3 is 14.4 Å². The summed E-state index contributed by atoms with van der Waals surface area (Å²) in [6, 6.07) is 15.6. The van der Waals surface area contributed by atoms with Gasteiger partial charge in [-0.15, -0.1) is 0 Å². The van der Waals surface area contributed by atoms with Crippen molar-refractivity contribution in [3.8, 4) is 17.2 Å². The number of hydrogen-bond donors (Lipinski definition) is 0. The zero-order valence-electron chi connectivity index (χ0n) is 15.2. The molecule has 0 radical (unpaired) electrons. The number of benzene rings is 2. The van der Waals surface area contributed by atoms with E-state index in [9.17, 15) is 0 Å². The Bertz CT molecular complexity index is 751. The Hall–Kier alpha value is -2.04. The number of fused-ring (bicyclic) bond motifs is 2. The second kappa shape index (κ2) is 6.70. The first-order valence-corrected chi connectivity index (χ1v) is 9.02. The molecule has 1 saturated heterocycles. The molecule has 2 aliphatic rings. The molecule has 0 aromatic heterocycles. The van der Waals surface area contributed by atoms with Crippen LogP contribution in [0.15, 0.2) is 42.5 Å². The molecule has 25 heavy (non-hydrogen) atoms. The zero-order chi connectivity index (χ0) is 17.4. The first-order chi connectivity index (χ1) is 12.2. The Labute approximate surface area is 150 Å². The van der Waals surface area contributed by atoms with Gasteiger partial charge in [-0.05, 0) is 45.1 Å². The van der Waals surface area contributed by atoms with Gasteiger partial charge in [0.05, 0.1) is 13.2 Å². The Balaban J connectivity index is 1.70. The van der Waals surface area contributed by atoms with Crippen molar-refractivity contribution in [3.63, 3.8) is 0 Å². The lowest BCUT2D eigenvalue weighted by Crippen LogP contribution is -2.44. The third-order valence-corrected chi connectivity index (χ3v) is 5.54. The molecule has 1 fully saturated rings. The summed E-state index contributed by atoms with van der Waals surface area (Å²) in [6.07, 6.45) is 2.41. The predicted molar refractivity (Wildman–Crippen MR) is 99.6 cm³/mol. The summed E-state index contributed by atoms with van der Waals surface area (Å²) in [5, 5.41) is 0. The molecule has 0 bridgehead atoms. The molecule has 4 heteroatoms. The van der Waals surface area contributed by atoms with Crippen LogP contribution in [0.3, 0.4) is 0 Å². The maximum atomic E-state index is 6.19. The highest BCUT2D eigenvalue weighted by Gasteiger charge is 2.34. The standard InChI is InChI=1S/C21H26N2O2/c1-22(2)15-10-12-23(13-11-15)21-17-6-4-5-7-19(17)25-20-14-16(24-3)8-9-18(20)21/h4-9,14-15,21H,10-13H2,1-3H3. The van der Waals surface area contributed by atoms with E-state index in [0.29, 0.717) is 6.04 Å². The molecule has 2 heterocycles. The normalized spacial score (nSPS) is 20.7. The van der Waals surface area contributed by atoms with Crippen LogP contribution in [0.1, 0.15) is 30.0 Å². The van der Waals surface area contributed by atoms with Crippen molar-refractivity contribution in [2.24, 2.45) is 0 Å². The van der Waals surface area contributed by atoms with Crippen molar-refractivity contribution in [2.45, 2.75) is 24.9 Å². The van der Waals surface area contributed by atoms with E-state index < -0.39 is 0 Å². The van der Waals surface area contributed by atoms with E-state index in [0.717, 1.165) is 30.3 Å². The third-order valence-electron chi connectivity index (χ3n) is 5.54. The minimum Gasteiger partial charge on any atom is -0.497 e. The van der Waals surface area contributed by atoms with Crippen LogP contribution in [0.5, 0.6) is 17.2 Å². The Morgan fingerprint density at radius 3 is 2.44 bits per heavy atom. The molecule has 0 N–H and O–H groups in total. The molecule has 2 aromatic rings. The molecular weight excluding hydrogens is 312 g/mol. The fourth-order valence-corrected chi connectivity index (χ4v) is 4.10. The maximum Gasteiger partial charge on any atom is 0.136 e. The SMILES string of the molecule is COc1ccc2c(c1)Oc1ccccc1C2N1CCC(N(C)C)CC1. The Morgan fingerprint density at radius 2 is 1.72 bits per heavy atom. The lowest BCUT2D eigenvalue weighted by Gasteiger charge is -2.42. The van der Waals surface area contributed by atoms with Gasteiger partial charge in [0.25, 0.3) is 0 Å². The minimum atomic E-state index is 0.258. The molecule has 0 aliphatic carbocycles. The average molecular weight is 338 g/mol. The number of piperidine rings is 1. The summed E-state index contributed by atoms with van der Waals surface area (Å²) in [5.74, 6) is 2.71. The van der Waals surface area contributed by atoms with Gasteiger partial charge in [-0.25, -0.2) is 0 Å². The molecular formula is C21H26N2O2. The van der Waals surface area contributed by atoms with Gasteiger partial charge in [-0.3, -0.25) is 4.90 Å². The second-order valence-electron chi connectivity index (χ2n) is 7.18. The van der Waals surface area contributed by atoms with Crippen molar-refractivity contribution in [3.05, 3.63) is 53.6 Å². The Kier molecular flexibility index (Phi) is 4.40. The Morgan fingerprint density at radius 1 is 1.00 bits per heavy atom. The number of ether oxygens (including phenoxy) is 2. The van der Waals surface area contributed by atoms with Crippen LogP contribution in [0.2, 0.25) is 0 Å². The molecule has 1 atom stereocenters. The summed E-state index contributed by atoms with van der Waals surface area (Å²) in [7, 11) is 6.07. The van der Waals surface area contributed by atoms with Crippen molar-refractivity contribution >= 4 is 0 Å². The summed E-state index contributed by atoms with van der Waals surface area (Å²) >= 11 is 0. The van der Waals surface area contributed by atoms with E-state index in [1.54, 1.807) is 7.11 Å². The van der Waals surface area contributed by atoms with Crippen LogP contribution >= 0.6 is 0 Å². The number of para-hydroxylation sites is 1. The van der Waals surface area contributed by atoms with E-state index >= 15 is 0 Å². The van der Waals surface area contributed by atoms with Crippen LogP contribution in [-0.2, 0) is 0 Å². The quantitative estimate of drug-likeness (QED) is 0.847. The lowest BCUT2D eigenvalue weighted by atomic mass is 9.90. The predicted octanol–water partition coefficient (Wildman–Crippen LogP) is 3.92. The second-order valence-corrected chi connectivity index (χ2v) is 7.18. The van der Waals surface area contributed by atoms with Gasteiger partial charge in [0, 0.05) is 36.3 Å². The van der Waals surface area contributed by atoms with E-state index in [4.69, 9.17) is 9.47 Å². The molecule has 1 unspecified atom stereocenters. The van der Waals surface area contributed by atoms with Crippen molar-refractivity contribution < 1.29 is 9.47 Å². The van der Waals surface area contributed by atoms with Crippen LogP contribution in [0.25, 0.3) is 0 Å². The van der Waals surface area contributed by atoms with Gasteiger partial charge >= 0.3 is 0 Å². The molecule has 2 aliphatic heterocycles. The van der Waals surface area contributed by atoms with E-state index in [1.165, 1.54) is 24.0 Å². The van der Waals surface area contributed by atoms with E-state index in [-0.39, 0.29) is 6.04 Å². The molecule has 0 spiro atoms. The number of rotatable bonds is 3. The number of methoxy groups -OCH3 is 1. The van der Waals surface area contributed by atoms with Crippen molar-refractivity contribution in [1.82, 2.24) is 9.80 Å². The summed E-state index contributed by atoms with van der Waals surface area (Å²) in [4.78, 5) is 4.96. The van der Waals surface area contributed by atoms with Crippen LogP contribution in [0.4, 0.5) is 0 Å². The topological polar surface area (TPSA) is 24.9 Å². The third kappa shape index (κ3) is 3.00. The summed E-state index contributed by atoms with van der Waals surface area (Å²) in [5.41, 5.74) is 2.51. The highest BCUT2D eigenvalue weighted by molar-refractivity contribution is 5.55. The number of nitrogens with zero attached hydrogens (tertiary/aromatic N) is 2. The van der Waals surface area contributed by atoms with Gasteiger partial charge in [0.15, 0.2) is 0 Å². The fraction of sp³-hybridized carbons (Fsp3) is 0.429. The maximum absolute atomic E-state index is 6.19. The van der Waals surface area contributed by atoms with Crippen LogP contribution in [-0.4, -0.2) is 50.1 Å². The van der Waals surface area contributed by atoms with Gasteiger partial charge in [-0.2, -0.15) is 0 Å². The van der Waals surface area contributed by atoms with Crippen molar-refractivity contribution in [1.29, 1.82) is 0 Å². The molecule has 0 amide bonds. The van der Waals surface area contributed by atoms with Gasteiger partial charge in [0.2, 0.25) is 0 Å². The van der Waals surface area contributed by atoms with Crippen LogP contribution < -0.4 is 9.47 Å². The monoisotopic (exact) mass is 338 g/mol. The number of hydrogen-bond acceptors (Lipinski definition) is 4. The fourth-order valence-electron chi connectivity index (χ4n) is 4.10. The van der Waals surface area contributed by atoms with Crippen LogP contribution in [0, 0.1) is 0 Å². The summed E-state index contributed by atoms with van der Waals surface area (Å²) < 4.78 is 11.6. The molecule has 132 valence electrons. The highest BCUT2D eigenvalue weighted by atomic mass is 16.5. The molecule has 4 nitrogen and oxygen atoms in total. The van der Waals surface area contributed by atoms with Crippen molar-refractivity contribution in [2.75, 3.05) is 34.3 Å². The molecule has 2 aromatic carbocycles. The van der Waals surface area contributed by atoms with E-state index in [2.05, 4.69) is 48.2 Å². The lowest BCUT2D eigenvalue weighted by molar-refractivity contribution is 0.118. The smallest absolute Gasteiger partial charge is 0.136 e. The molecule has 0 saturated carbocycles. The summed E-state index contributed by atoms with van der Waals surface area (Å²) in [6.45, 7) is 2.21. The van der Waals surface area contributed by atoms with E-state index in [1.807, 2.05) is 18.2 Å². The van der Waals surface area contributed by atoms with Gasteiger partial charge in [-0.1, -0.05) is 18.2 Å². The number of likely N-dealkylation sites (tertiary alicyclic amines) is 1. The first-order valence-electron chi connectivity index (χ1n) is 9.02. The first kappa shape index (κ1) is 16.4. The zero-order valence-corrected chi connectivity index (χ0v) is 15.2. The molecule has 4 rings (SSSR count). The van der Waals surface area contributed by atoms with Gasteiger partial charge in [0.1, 0.15) is 17.2 Å². The average Bonchev–Trinajstić information content (AvgIpc) is 2.65. The minimum absolute atomic E-state index is 0.258. The highest BCUT2D eigenvalue weighted by Crippen LogP contribution is 2.47. The largest absolute Gasteiger partial charge is 0.497 e.